The van der Waals surface area contributed by atoms with Gasteiger partial charge in [-0.05, 0) is 79.4 Å². The van der Waals surface area contributed by atoms with Crippen molar-refractivity contribution < 1.29 is 22.7 Å². The summed E-state index contributed by atoms with van der Waals surface area (Å²) in [6, 6.07) is 29.4. The number of amides is 2. The third-order valence-corrected chi connectivity index (χ3v) is 11.0. The van der Waals surface area contributed by atoms with E-state index in [9.17, 15) is 18.0 Å². The second-order valence-corrected chi connectivity index (χ2v) is 15.0. The zero-order valence-electron chi connectivity index (χ0n) is 27.3. The van der Waals surface area contributed by atoms with Gasteiger partial charge in [0.2, 0.25) is 11.8 Å². The summed E-state index contributed by atoms with van der Waals surface area (Å²) in [6.45, 7) is 1.52. The molecule has 10 heteroatoms. The number of carbonyl (C=O) groups is 2. The lowest BCUT2D eigenvalue weighted by atomic mass is 9.94. The van der Waals surface area contributed by atoms with Crippen LogP contribution >= 0.6 is 15.9 Å². The van der Waals surface area contributed by atoms with Crippen LogP contribution in [0.5, 0.6) is 5.75 Å². The molecule has 0 radical (unpaired) electrons. The van der Waals surface area contributed by atoms with Crippen LogP contribution in [0.1, 0.15) is 48.8 Å². The number of rotatable bonds is 13. The third kappa shape index (κ3) is 9.05. The summed E-state index contributed by atoms with van der Waals surface area (Å²) in [5.74, 6) is -0.221. The number of anilines is 1. The standard InChI is InChI=1S/C38H42BrN3O5S/c1-28-16-18-33(19-17-28)42(48(45,46)35-22-20-34(47-2)21-23-35)27-37(43)41(26-30-12-9-13-31(39)24-30)36(25-29-10-5-3-6-11-29)38(44)40-32-14-7-4-8-15-32/h3,5-6,9-13,16-24,32,36H,4,7-8,14-15,25-27H2,1-2H3,(H,40,44)/t36-/m0/s1. The second kappa shape index (κ2) is 16.3. The van der Waals surface area contributed by atoms with Gasteiger partial charge in [0.25, 0.3) is 10.0 Å². The molecule has 1 fully saturated rings. The molecule has 1 N–H and O–H groups in total. The number of benzene rings is 4. The normalized spacial score (nSPS) is 14.1. The van der Waals surface area contributed by atoms with Crippen LogP contribution in [-0.4, -0.2) is 50.9 Å². The van der Waals surface area contributed by atoms with Crippen LogP contribution < -0.4 is 14.4 Å². The van der Waals surface area contributed by atoms with Crippen molar-refractivity contribution in [2.24, 2.45) is 0 Å². The van der Waals surface area contributed by atoms with Gasteiger partial charge in [-0.25, -0.2) is 8.42 Å². The van der Waals surface area contributed by atoms with Gasteiger partial charge < -0.3 is 15.0 Å². The summed E-state index contributed by atoms with van der Waals surface area (Å²) in [7, 11) is -2.69. The first-order chi connectivity index (χ1) is 23.1. The van der Waals surface area contributed by atoms with Gasteiger partial charge in [-0.1, -0.05) is 95.4 Å². The zero-order valence-corrected chi connectivity index (χ0v) is 29.8. The maximum absolute atomic E-state index is 14.7. The van der Waals surface area contributed by atoms with Crippen LogP contribution in [0.25, 0.3) is 0 Å². The fraction of sp³-hybridized carbons (Fsp3) is 0.316. The number of nitrogens with one attached hydrogen (secondary N) is 1. The molecule has 4 aromatic rings. The Hall–Kier alpha value is -4.15. The van der Waals surface area contributed by atoms with Gasteiger partial charge in [0.1, 0.15) is 18.3 Å². The zero-order chi connectivity index (χ0) is 34.1. The molecule has 0 aromatic heterocycles. The highest BCUT2D eigenvalue weighted by atomic mass is 79.9. The molecule has 1 saturated carbocycles. The number of methoxy groups -OCH3 is 1. The Morgan fingerprint density at radius 3 is 2.19 bits per heavy atom. The summed E-state index contributed by atoms with van der Waals surface area (Å²) >= 11 is 3.53. The number of sulfonamides is 1. The topological polar surface area (TPSA) is 96.0 Å². The Kier molecular flexibility index (Phi) is 11.9. The molecule has 1 aliphatic carbocycles. The first-order valence-electron chi connectivity index (χ1n) is 16.3. The lowest BCUT2D eigenvalue weighted by Crippen LogP contribution is -2.55. The smallest absolute Gasteiger partial charge is 0.264 e. The Balaban J connectivity index is 1.56. The van der Waals surface area contributed by atoms with E-state index in [1.165, 1.54) is 24.1 Å². The Morgan fingerprint density at radius 1 is 0.875 bits per heavy atom. The summed E-state index contributed by atoms with van der Waals surface area (Å²) in [5.41, 5.74) is 3.00. The summed E-state index contributed by atoms with van der Waals surface area (Å²) < 4.78 is 35.7. The number of nitrogens with zero attached hydrogens (tertiary/aromatic N) is 2. The van der Waals surface area contributed by atoms with E-state index >= 15 is 0 Å². The number of hydrogen-bond acceptors (Lipinski definition) is 5. The quantitative estimate of drug-likeness (QED) is 0.159. The number of aryl methyl sites for hydroxylation is 1. The monoisotopic (exact) mass is 731 g/mol. The van der Waals surface area contributed by atoms with Gasteiger partial charge >= 0.3 is 0 Å². The van der Waals surface area contributed by atoms with Crippen molar-refractivity contribution in [3.05, 3.63) is 124 Å². The minimum absolute atomic E-state index is 0.0195. The predicted octanol–water partition coefficient (Wildman–Crippen LogP) is 7.05. The largest absolute Gasteiger partial charge is 0.497 e. The van der Waals surface area contributed by atoms with Crippen molar-refractivity contribution in [2.45, 2.75) is 69.0 Å². The highest BCUT2D eigenvalue weighted by molar-refractivity contribution is 9.10. The second-order valence-electron chi connectivity index (χ2n) is 12.2. The molecule has 5 rings (SSSR count). The van der Waals surface area contributed by atoms with Gasteiger partial charge in [-0.15, -0.1) is 0 Å². The molecule has 1 atom stereocenters. The van der Waals surface area contributed by atoms with Crippen LogP contribution in [0.3, 0.4) is 0 Å². The van der Waals surface area contributed by atoms with Crippen LogP contribution in [0.15, 0.2) is 112 Å². The van der Waals surface area contributed by atoms with Crippen molar-refractivity contribution in [2.75, 3.05) is 18.0 Å². The molecule has 0 bridgehead atoms. The highest BCUT2D eigenvalue weighted by Gasteiger charge is 2.35. The molecule has 1 aliphatic rings. The maximum atomic E-state index is 14.7. The third-order valence-electron chi connectivity index (χ3n) is 8.71. The molecule has 4 aromatic carbocycles. The minimum Gasteiger partial charge on any atom is -0.497 e. The highest BCUT2D eigenvalue weighted by Crippen LogP contribution is 2.27. The van der Waals surface area contributed by atoms with Crippen molar-refractivity contribution in [3.8, 4) is 5.75 Å². The minimum atomic E-state index is -4.21. The summed E-state index contributed by atoms with van der Waals surface area (Å²) in [4.78, 5) is 30.5. The van der Waals surface area contributed by atoms with Crippen LogP contribution in [-0.2, 0) is 32.6 Å². The first-order valence-corrected chi connectivity index (χ1v) is 18.5. The fourth-order valence-corrected chi connectivity index (χ4v) is 7.91. The SMILES string of the molecule is COc1ccc(S(=O)(=O)N(CC(=O)N(Cc2cccc(Br)c2)[C@@H](Cc2ccccc2)C(=O)NC2CCCCC2)c2ccc(C)cc2)cc1. The van der Waals surface area contributed by atoms with E-state index in [0.717, 1.165) is 57.6 Å². The first kappa shape index (κ1) is 35.2. The van der Waals surface area contributed by atoms with Crippen molar-refractivity contribution >= 4 is 43.5 Å². The van der Waals surface area contributed by atoms with Crippen molar-refractivity contribution in [1.29, 1.82) is 0 Å². The molecule has 48 heavy (non-hydrogen) atoms. The molecule has 2 amide bonds. The average molecular weight is 733 g/mol. The number of hydrogen-bond donors (Lipinski definition) is 1. The molecule has 8 nitrogen and oxygen atoms in total. The maximum Gasteiger partial charge on any atom is 0.264 e. The molecule has 0 saturated heterocycles. The molecule has 0 aliphatic heterocycles. The predicted molar refractivity (Wildman–Crippen MR) is 192 cm³/mol. The molecule has 0 heterocycles. The van der Waals surface area contributed by atoms with E-state index in [0.29, 0.717) is 11.4 Å². The van der Waals surface area contributed by atoms with Crippen molar-refractivity contribution in [1.82, 2.24) is 10.2 Å². The van der Waals surface area contributed by atoms with Crippen LogP contribution in [0.2, 0.25) is 0 Å². The molecular weight excluding hydrogens is 690 g/mol. The molecule has 252 valence electrons. The van der Waals surface area contributed by atoms with E-state index in [-0.39, 0.29) is 29.8 Å². The van der Waals surface area contributed by atoms with Gasteiger partial charge in [0, 0.05) is 23.5 Å². The van der Waals surface area contributed by atoms with E-state index in [1.54, 1.807) is 24.3 Å². The van der Waals surface area contributed by atoms with Crippen LogP contribution in [0.4, 0.5) is 5.69 Å². The Bertz CT molecular complexity index is 1780. The number of halogens is 1. The van der Waals surface area contributed by atoms with Gasteiger partial charge in [-0.2, -0.15) is 0 Å². The van der Waals surface area contributed by atoms with E-state index in [1.807, 2.05) is 73.7 Å². The Labute approximate surface area is 292 Å². The van der Waals surface area contributed by atoms with E-state index < -0.39 is 28.5 Å². The summed E-state index contributed by atoms with van der Waals surface area (Å²) in [5, 5.41) is 3.24. The number of ether oxygens (including phenoxy) is 1. The van der Waals surface area contributed by atoms with Crippen molar-refractivity contribution in [3.63, 3.8) is 0 Å². The Morgan fingerprint density at radius 2 is 1.54 bits per heavy atom. The van der Waals surface area contributed by atoms with Crippen LogP contribution in [0, 0.1) is 6.92 Å². The van der Waals surface area contributed by atoms with E-state index in [2.05, 4.69) is 21.2 Å². The van der Waals surface area contributed by atoms with Gasteiger partial charge in [0.15, 0.2) is 0 Å². The summed E-state index contributed by atoms with van der Waals surface area (Å²) in [6.07, 6.45) is 5.29. The lowest BCUT2D eigenvalue weighted by molar-refractivity contribution is -0.140. The molecule has 0 unspecified atom stereocenters. The van der Waals surface area contributed by atoms with E-state index in [4.69, 9.17) is 4.74 Å². The molecule has 0 spiro atoms. The average Bonchev–Trinajstić information content (AvgIpc) is 3.10. The number of carbonyl (C=O) groups excluding carboxylic acids is 2. The van der Waals surface area contributed by atoms with Gasteiger partial charge in [-0.3, -0.25) is 13.9 Å². The van der Waals surface area contributed by atoms with Gasteiger partial charge in [0.05, 0.1) is 17.7 Å². The fourth-order valence-electron chi connectivity index (χ4n) is 6.04. The lowest BCUT2D eigenvalue weighted by Gasteiger charge is -2.35. The molecular formula is C38H42BrN3O5S.